The highest BCUT2D eigenvalue weighted by molar-refractivity contribution is 5.76. The fourth-order valence-corrected chi connectivity index (χ4v) is 11.8. The van der Waals surface area contributed by atoms with E-state index in [1.54, 1.807) is 0 Å². The van der Waals surface area contributed by atoms with Crippen LogP contribution in [-0.4, -0.2) is 47.4 Å². The lowest BCUT2D eigenvalue weighted by Gasteiger charge is -2.22. The van der Waals surface area contributed by atoms with Gasteiger partial charge in [0.15, 0.2) is 0 Å². The minimum Gasteiger partial charge on any atom is -0.466 e. The molecule has 6 heteroatoms. The lowest BCUT2D eigenvalue weighted by molar-refractivity contribution is -0.143. The lowest BCUT2D eigenvalue weighted by atomic mass is 10.0. The zero-order valence-corrected chi connectivity index (χ0v) is 53.9. The number of carbonyl (C=O) groups excluding carboxylic acids is 2. The summed E-state index contributed by atoms with van der Waals surface area (Å²) in [6.45, 7) is 4.99. The Kier molecular flexibility index (Phi) is 67.9. The van der Waals surface area contributed by atoms with Gasteiger partial charge in [-0.1, -0.05) is 366 Å². The molecule has 0 aliphatic rings. The quantitative estimate of drug-likeness (QED) is 0.0320. The number of ether oxygens (including phenoxy) is 1. The van der Waals surface area contributed by atoms with Gasteiger partial charge in [0.25, 0.3) is 0 Å². The van der Waals surface area contributed by atoms with E-state index in [2.05, 4.69) is 31.3 Å². The van der Waals surface area contributed by atoms with Gasteiger partial charge in [0.2, 0.25) is 5.91 Å². The largest absolute Gasteiger partial charge is 0.466 e. The van der Waals surface area contributed by atoms with E-state index < -0.39 is 12.1 Å². The summed E-state index contributed by atoms with van der Waals surface area (Å²) in [7, 11) is 0. The van der Waals surface area contributed by atoms with Gasteiger partial charge in [0, 0.05) is 12.8 Å². The number of hydrogen-bond donors (Lipinski definition) is 3. The molecule has 2 atom stereocenters. The van der Waals surface area contributed by atoms with Crippen molar-refractivity contribution in [2.45, 2.75) is 431 Å². The summed E-state index contributed by atoms with van der Waals surface area (Å²) in [4.78, 5) is 24.6. The molecule has 0 bridgehead atoms. The van der Waals surface area contributed by atoms with Crippen LogP contribution in [0.3, 0.4) is 0 Å². The van der Waals surface area contributed by atoms with E-state index in [1.807, 2.05) is 0 Å². The van der Waals surface area contributed by atoms with Gasteiger partial charge < -0.3 is 20.3 Å². The highest BCUT2D eigenvalue weighted by Crippen LogP contribution is 2.20. The number of carbonyl (C=O) groups is 2. The van der Waals surface area contributed by atoms with Crippen molar-refractivity contribution in [3.05, 3.63) is 12.2 Å². The van der Waals surface area contributed by atoms with E-state index in [1.165, 1.54) is 340 Å². The molecule has 1 amide bonds. The van der Waals surface area contributed by atoms with Crippen LogP contribution >= 0.6 is 0 Å². The van der Waals surface area contributed by atoms with Gasteiger partial charge in [-0.15, -0.1) is 0 Å². The fraction of sp³-hybridized carbons (Fsp3) is 0.945. The molecule has 0 aromatic carbocycles. The van der Waals surface area contributed by atoms with Crippen LogP contribution in [0, 0.1) is 0 Å². The standard InChI is InChI=1S/C73H143NO5/c1-3-5-7-9-11-13-15-17-19-20-21-22-23-26-29-32-35-38-41-45-49-53-57-61-65-71(76)70(69-75)74-72(77)66-62-58-54-50-46-42-39-36-33-30-27-24-25-28-31-34-37-40-44-48-52-56-60-64-68-79-73(78)67-63-59-55-51-47-43-18-16-14-12-10-8-6-4-2/h16,18,70-71,75-76H,3-15,17,19-69H2,1-2H3,(H,74,77)/b18-16-. The highest BCUT2D eigenvalue weighted by Gasteiger charge is 2.20. The smallest absolute Gasteiger partial charge is 0.305 e. The summed E-state index contributed by atoms with van der Waals surface area (Å²) < 4.78 is 5.49. The normalized spacial score (nSPS) is 12.5. The molecular weight excluding hydrogens is 971 g/mol. The second kappa shape index (κ2) is 69.1. The van der Waals surface area contributed by atoms with Crippen molar-refractivity contribution in [3.63, 3.8) is 0 Å². The Morgan fingerprint density at radius 2 is 0.595 bits per heavy atom. The van der Waals surface area contributed by atoms with Crippen LogP contribution in [0.2, 0.25) is 0 Å². The van der Waals surface area contributed by atoms with Crippen LogP contribution in [0.1, 0.15) is 418 Å². The molecule has 0 aliphatic carbocycles. The number of rotatable bonds is 69. The van der Waals surface area contributed by atoms with Crippen molar-refractivity contribution in [3.8, 4) is 0 Å². The van der Waals surface area contributed by atoms with Gasteiger partial charge in [0.1, 0.15) is 0 Å². The summed E-state index contributed by atoms with van der Waals surface area (Å²) in [6, 6.07) is -0.541. The third-order valence-corrected chi connectivity index (χ3v) is 17.3. The molecule has 0 aliphatic heterocycles. The third kappa shape index (κ3) is 65.6. The van der Waals surface area contributed by atoms with Crippen molar-refractivity contribution < 1.29 is 24.5 Å². The fourth-order valence-electron chi connectivity index (χ4n) is 11.8. The second-order valence-electron chi connectivity index (χ2n) is 25.3. The molecule has 0 heterocycles. The van der Waals surface area contributed by atoms with Gasteiger partial charge in [0.05, 0.1) is 25.4 Å². The van der Waals surface area contributed by atoms with Crippen molar-refractivity contribution in [2.75, 3.05) is 13.2 Å². The Bertz CT molecular complexity index is 1190. The Morgan fingerprint density at radius 1 is 0.342 bits per heavy atom. The van der Waals surface area contributed by atoms with Crippen molar-refractivity contribution >= 4 is 11.9 Å². The van der Waals surface area contributed by atoms with E-state index >= 15 is 0 Å². The topological polar surface area (TPSA) is 95.9 Å². The first-order chi connectivity index (χ1) is 39.0. The van der Waals surface area contributed by atoms with E-state index in [-0.39, 0.29) is 18.5 Å². The minimum atomic E-state index is -0.664. The first-order valence-electron chi connectivity index (χ1n) is 36.4. The maximum atomic E-state index is 12.6. The minimum absolute atomic E-state index is 0.00819. The summed E-state index contributed by atoms with van der Waals surface area (Å²) >= 11 is 0. The maximum Gasteiger partial charge on any atom is 0.305 e. The Morgan fingerprint density at radius 3 is 0.899 bits per heavy atom. The van der Waals surface area contributed by atoms with Crippen LogP contribution in [0.25, 0.3) is 0 Å². The van der Waals surface area contributed by atoms with Gasteiger partial charge >= 0.3 is 5.97 Å². The molecule has 0 saturated heterocycles. The van der Waals surface area contributed by atoms with Gasteiger partial charge in [-0.05, 0) is 51.4 Å². The third-order valence-electron chi connectivity index (χ3n) is 17.3. The molecular formula is C73H143NO5. The molecule has 3 N–H and O–H groups in total. The summed E-state index contributed by atoms with van der Waals surface area (Å²) in [6.07, 6.45) is 85.5. The molecule has 0 saturated carbocycles. The molecule has 0 radical (unpaired) electrons. The second-order valence-corrected chi connectivity index (χ2v) is 25.3. The molecule has 2 unspecified atom stereocenters. The number of nitrogens with one attached hydrogen (secondary N) is 1. The predicted molar refractivity (Wildman–Crippen MR) is 347 cm³/mol. The number of aliphatic hydroxyl groups excluding tert-OH is 2. The number of aliphatic hydroxyl groups is 2. The Hall–Kier alpha value is -1.40. The number of esters is 1. The molecule has 79 heavy (non-hydrogen) atoms. The number of hydrogen-bond acceptors (Lipinski definition) is 5. The van der Waals surface area contributed by atoms with Crippen LogP contribution in [0.4, 0.5) is 0 Å². The van der Waals surface area contributed by atoms with Crippen LogP contribution in [0.5, 0.6) is 0 Å². The van der Waals surface area contributed by atoms with Crippen LogP contribution in [-0.2, 0) is 14.3 Å². The lowest BCUT2D eigenvalue weighted by Crippen LogP contribution is -2.45. The van der Waals surface area contributed by atoms with E-state index in [4.69, 9.17) is 4.74 Å². The molecule has 0 spiro atoms. The van der Waals surface area contributed by atoms with E-state index in [0.717, 1.165) is 44.9 Å². The average Bonchev–Trinajstić information content (AvgIpc) is 3.45. The van der Waals surface area contributed by atoms with Gasteiger partial charge in [-0.25, -0.2) is 0 Å². The SMILES string of the molecule is CCCCCCC/C=C\CCCCCCCC(=O)OCCCCCCCCCCCCCCCCCCCCCCCCCCC(=O)NC(CO)C(O)CCCCCCCCCCCCCCCCCCCCCCCCCC. The number of allylic oxidation sites excluding steroid dienone is 2. The first kappa shape index (κ1) is 77.6. The van der Waals surface area contributed by atoms with E-state index in [9.17, 15) is 19.8 Å². The van der Waals surface area contributed by atoms with E-state index in [0.29, 0.717) is 25.9 Å². The zero-order valence-electron chi connectivity index (χ0n) is 53.9. The summed E-state index contributed by atoms with van der Waals surface area (Å²) in [5.41, 5.74) is 0. The van der Waals surface area contributed by atoms with Crippen molar-refractivity contribution in [1.29, 1.82) is 0 Å². The van der Waals surface area contributed by atoms with Crippen LogP contribution < -0.4 is 5.32 Å². The van der Waals surface area contributed by atoms with Gasteiger partial charge in [-0.2, -0.15) is 0 Å². The maximum absolute atomic E-state index is 12.6. The zero-order chi connectivity index (χ0) is 57.1. The Balaban J connectivity index is 3.37. The van der Waals surface area contributed by atoms with Crippen molar-refractivity contribution in [1.82, 2.24) is 5.32 Å². The predicted octanol–water partition coefficient (Wildman–Crippen LogP) is 23.5. The van der Waals surface area contributed by atoms with Crippen molar-refractivity contribution in [2.24, 2.45) is 0 Å². The van der Waals surface area contributed by atoms with Gasteiger partial charge in [-0.3, -0.25) is 9.59 Å². The highest BCUT2D eigenvalue weighted by atomic mass is 16.5. The summed E-state index contributed by atoms with van der Waals surface area (Å²) in [5, 5.41) is 23.5. The first-order valence-corrected chi connectivity index (χ1v) is 36.4. The molecule has 470 valence electrons. The van der Waals surface area contributed by atoms with Crippen LogP contribution in [0.15, 0.2) is 12.2 Å². The molecule has 0 rings (SSSR count). The Labute approximate surface area is 495 Å². The number of amides is 1. The molecule has 0 aromatic heterocycles. The molecule has 0 fully saturated rings. The summed E-state index contributed by atoms with van der Waals surface area (Å²) in [5.74, 6) is -0.0201. The molecule has 6 nitrogen and oxygen atoms in total. The average molecular weight is 1110 g/mol. The number of unbranched alkanes of at least 4 members (excludes halogenated alkanes) is 56. The molecule has 0 aromatic rings. The monoisotopic (exact) mass is 1110 g/mol.